The molecule has 3 rings (SSSR count). The van der Waals surface area contributed by atoms with Gasteiger partial charge in [-0.15, -0.1) is 0 Å². The van der Waals surface area contributed by atoms with E-state index in [0.717, 1.165) is 12.8 Å². The van der Waals surface area contributed by atoms with Crippen LogP contribution in [0, 0.1) is 0 Å². The Morgan fingerprint density at radius 3 is 2.29 bits per heavy atom. The van der Waals surface area contributed by atoms with Gasteiger partial charge in [0, 0.05) is 19.1 Å². The van der Waals surface area contributed by atoms with Crippen molar-refractivity contribution in [3.63, 3.8) is 0 Å². The Hall–Kier alpha value is -0.860. The first-order valence-electron chi connectivity index (χ1n) is 6.55. The standard InChI is InChI=1S/C15H21NO/c1-17-15(7-8-15)11-13-4-2-3-12(9-13)10-14(16)5-6-14/h2-4,9H,5-8,10-11,16H2,1H3. The van der Waals surface area contributed by atoms with Crippen LogP contribution in [0.1, 0.15) is 36.8 Å². The van der Waals surface area contributed by atoms with Crippen molar-refractivity contribution < 1.29 is 4.74 Å². The lowest BCUT2D eigenvalue weighted by Gasteiger charge is -2.15. The number of nitrogens with two attached hydrogens (primary N) is 1. The van der Waals surface area contributed by atoms with Crippen LogP contribution in [0.2, 0.25) is 0 Å². The summed E-state index contributed by atoms with van der Waals surface area (Å²) >= 11 is 0. The minimum atomic E-state index is 0.108. The third kappa shape index (κ3) is 2.53. The van der Waals surface area contributed by atoms with Gasteiger partial charge in [0.25, 0.3) is 0 Å². The van der Waals surface area contributed by atoms with Gasteiger partial charge in [0.05, 0.1) is 5.60 Å². The first-order chi connectivity index (χ1) is 8.13. The minimum absolute atomic E-state index is 0.108. The largest absolute Gasteiger partial charge is 0.378 e. The fourth-order valence-corrected chi connectivity index (χ4v) is 2.56. The number of ether oxygens (including phenoxy) is 1. The molecule has 1 aromatic rings. The summed E-state index contributed by atoms with van der Waals surface area (Å²) in [7, 11) is 1.83. The van der Waals surface area contributed by atoms with Crippen LogP contribution in [0.5, 0.6) is 0 Å². The van der Waals surface area contributed by atoms with Gasteiger partial charge in [0.2, 0.25) is 0 Å². The molecule has 0 amide bonds. The minimum Gasteiger partial charge on any atom is -0.378 e. The summed E-state index contributed by atoms with van der Waals surface area (Å²) in [5.74, 6) is 0. The third-order valence-corrected chi connectivity index (χ3v) is 4.21. The second kappa shape index (κ2) is 3.82. The summed E-state index contributed by atoms with van der Waals surface area (Å²) in [5, 5.41) is 0. The molecule has 17 heavy (non-hydrogen) atoms. The van der Waals surface area contributed by atoms with Gasteiger partial charge in [0.15, 0.2) is 0 Å². The number of hydrogen-bond donors (Lipinski definition) is 1. The van der Waals surface area contributed by atoms with E-state index in [1.165, 1.54) is 36.8 Å². The first-order valence-corrected chi connectivity index (χ1v) is 6.55. The van der Waals surface area contributed by atoms with Crippen LogP contribution < -0.4 is 5.73 Å². The lowest BCUT2D eigenvalue weighted by molar-refractivity contribution is 0.0807. The predicted octanol–water partition coefficient (Wildman–Crippen LogP) is 2.44. The van der Waals surface area contributed by atoms with Gasteiger partial charge in [-0.25, -0.2) is 0 Å². The zero-order chi connectivity index (χ0) is 11.9. The van der Waals surface area contributed by atoms with Gasteiger partial charge in [-0.1, -0.05) is 24.3 Å². The van der Waals surface area contributed by atoms with Gasteiger partial charge in [0.1, 0.15) is 0 Å². The first kappa shape index (κ1) is 11.2. The van der Waals surface area contributed by atoms with E-state index in [9.17, 15) is 0 Å². The average Bonchev–Trinajstić information content (AvgIpc) is 3.20. The molecule has 0 radical (unpaired) electrons. The van der Waals surface area contributed by atoms with Crippen molar-refractivity contribution in [1.29, 1.82) is 0 Å². The van der Waals surface area contributed by atoms with E-state index < -0.39 is 0 Å². The molecule has 0 atom stereocenters. The SMILES string of the molecule is COC1(Cc2cccc(CC3(N)CC3)c2)CC1. The molecule has 0 aromatic heterocycles. The number of methoxy groups -OCH3 is 1. The molecular weight excluding hydrogens is 210 g/mol. The Balaban J connectivity index is 1.70. The Morgan fingerprint density at radius 1 is 1.12 bits per heavy atom. The number of hydrogen-bond acceptors (Lipinski definition) is 2. The second-order valence-electron chi connectivity index (χ2n) is 5.92. The molecule has 1 aromatic carbocycles. The molecule has 0 unspecified atom stereocenters. The molecule has 2 saturated carbocycles. The lowest BCUT2D eigenvalue weighted by atomic mass is 9.99. The van der Waals surface area contributed by atoms with Crippen molar-refractivity contribution in [1.82, 2.24) is 0 Å². The highest BCUT2D eigenvalue weighted by Crippen LogP contribution is 2.42. The van der Waals surface area contributed by atoms with Crippen LogP contribution in [0.3, 0.4) is 0 Å². The van der Waals surface area contributed by atoms with Crippen LogP contribution in [-0.2, 0) is 17.6 Å². The maximum atomic E-state index is 6.17. The van der Waals surface area contributed by atoms with E-state index in [2.05, 4.69) is 24.3 Å². The second-order valence-corrected chi connectivity index (χ2v) is 5.92. The summed E-state index contributed by atoms with van der Waals surface area (Å²) < 4.78 is 5.58. The summed E-state index contributed by atoms with van der Waals surface area (Å²) in [4.78, 5) is 0. The molecule has 92 valence electrons. The van der Waals surface area contributed by atoms with Crippen molar-refractivity contribution in [3.05, 3.63) is 35.4 Å². The molecule has 2 nitrogen and oxygen atoms in total. The van der Waals surface area contributed by atoms with Crippen LogP contribution in [0.15, 0.2) is 24.3 Å². The van der Waals surface area contributed by atoms with Crippen LogP contribution >= 0.6 is 0 Å². The van der Waals surface area contributed by atoms with Crippen LogP contribution in [0.25, 0.3) is 0 Å². The Kier molecular flexibility index (Phi) is 2.53. The molecule has 2 fully saturated rings. The molecular formula is C15H21NO. The predicted molar refractivity (Wildman–Crippen MR) is 69.0 cm³/mol. The van der Waals surface area contributed by atoms with Gasteiger partial charge < -0.3 is 10.5 Å². The molecule has 0 spiro atoms. The van der Waals surface area contributed by atoms with E-state index >= 15 is 0 Å². The molecule has 0 bridgehead atoms. The van der Waals surface area contributed by atoms with E-state index in [1.807, 2.05) is 7.11 Å². The van der Waals surface area contributed by atoms with E-state index in [4.69, 9.17) is 10.5 Å². The average molecular weight is 231 g/mol. The molecule has 2 aliphatic carbocycles. The highest BCUT2D eigenvalue weighted by molar-refractivity contribution is 5.28. The molecule has 2 heteroatoms. The molecule has 0 heterocycles. The van der Waals surface area contributed by atoms with Crippen LogP contribution in [-0.4, -0.2) is 18.2 Å². The number of benzene rings is 1. The highest BCUT2D eigenvalue weighted by atomic mass is 16.5. The smallest absolute Gasteiger partial charge is 0.0721 e. The fraction of sp³-hybridized carbons (Fsp3) is 0.600. The maximum Gasteiger partial charge on any atom is 0.0721 e. The van der Waals surface area contributed by atoms with Gasteiger partial charge in [-0.3, -0.25) is 0 Å². The molecule has 0 saturated heterocycles. The van der Waals surface area contributed by atoms with Crippen molar-refractivity contribution in [2.45, 2.75) is 49.7 Å². The van der Waals surface area contributed by atoms with E-state index in [0.29, 0.717) is 0 Å². The van der Waals surface area contributed by atoms with E-state index in [-0.39, 0.29) is 11.1 Å². The van der Waals surface area contributed by atoms with Crippen molar-refractivity contribution >= 4 is 0 Å². The Bertz CT molecular complexity index is 419. The molecule has 2 N–H and O–H groups in total. The van der Waals surface area contributed by atoms with Gasteiger partial charge in [-0.05, 0) is 43.2 Å². The Labute approximate surface area is 103 Å². The normalized spacial score (nSPS) is 23.4. The summed E-state index contributed by atoms with van der Waals surface area (Å²) in [6.45, 7) is 0. The fourth-order valence-electron chi connectivity index (χ4n) is 2.56. The van der Waals surface area contributed by atoms with Crippen molar-refractivity contribution in [2.75, 3.05) is 7.11 Å². The summed E-state index contributed by atoms with van der Waals surface area (Å²) in [6.07, 6.45) is 6.84. The van der Waals surface area contributed by atoms with Crippen molar-refractivity contribution in [2.24, 2.45) is 5.73 Å². The number of rotatable bonds is 5. The zero-order valence-corrected chi connectivity index (χ0v) is 10.5. The Morgan fingerprint density at radius 2 is 1.76 bits per heavy atom. The summed E-state index contributed by atoms with van der Waals surface area (Å²) in [6, 6.07) is 8.87. The van der Waals surface area contributed by atoms with Gasteiger partial charge >= 0.3 is 0 Å². The maximum absolute atomic E-state index is 6.17. The van der Waals surface area contributed by atoms with Crippen molar-refractivity contribution in [3.8, 4) is 0 Å². The zero-order valence-electron chi connectivity index (χ0n) is 10.5. The molecule has 2 aliphatic rings. The lowest BCUT2D eigenvalue weighted by Crippen LogP contribution is -2.24. The van der Waals surface area contributed by atoms with E-state index in [1.54, 1.807) is 0 Å². The quantitative estimate of drug-likeness (QED) is 0.844. The summed E-state index contributed by atoms with van der Waals surface area (Å²) in [5.41, 5.74) is 9.21. The topological polar surface area (TPSA) is 35.2 Å². The monoisotopic (exact) mass is 231 g/mol. The highest BCUT2D eigenvalue weighted by Gasteiger charge is 2.43. The molecule has 0 aliphatic heterocycles. The van der Waals surface area contributed by atoms with Crippen LogP contribution in [0.4, 0.5) is 0 Å². The van der Waals surface area contributed by atoms with Gasteiger partial charge in [-0.2, -0.15) is 0 Å². The third-order valence-electron chi connectivity index (χ3n) is 4.21.